The van der Waals surface area contributed by atoms with Gasteiger partial charge in [0.1, 0.15) is 17.3 Å². The largest absolute Gasteiger partial charge is 0.497 e. The third kappa shape index (κ3) is 4.94. The summed E-state index contributed by atoms with van der Waals surface area (Å²) in [5.41, 5.74) is 1.99. The van der Waals surface area contributed by atoms with Crippen LogP contribution < -0.4 is 19.6 Å². The van der Waals surface area contributed by atoms with Crippen LogP contribution in [-0.4, -0.2) is 30.2 Å². The van der Waals surface area contributed by atoms with Crippen LogP contribution in [0.15, 0.2) is 91.3 Å². The molecular weight excluding hydrogens is 534 g/mol. The van der Waals surface area contributed by atoms with E-state index < -0.39 is 17.9 Å². The molecule has 1 aliphatic rings. The summed E-state index contributed by atoms with van der Waals surface area (Å²) in [6, 6.07) is 16.1. The summed E-state index contributed by atoms with van der Waals surface area (Å²) in [4.78, 5) is 53.7. The molecule has 202 valence electrons. The SMILES string of the molecule is CCOC(=O)C1=C(C)N=c2s/c(=C\c3ccc(-c4ccc(C(=O)N=O)cc4)o3)c(=O)n2C1c1ccc(OC)cc1. The fraction of sp³-hybridized carbons (Fsp3) is 0.172. The molecule has 10 nitrogen and oxygen atoms in total. The number of nitrogens with zero attached hydrogens (tertiary/aromatic N) is 3. The zero-order chi connectivity index (χ0) is 28.4. The van der Waals surface area contributed by atoms with Gasteiger partial charge in [0.25, 0.3) is 5.56 Å². The number of fused-ring (bicyclic) bond motifs is 1. The topological polar surface area (TPSA) is 130 Å². The number of amides is 1. The Kier molecular flexibility index (Phi) is 7.39. The Hall–Kier alpha value is -4.90. The molecule has 1 unspecified atom stereocenters. The summed E-state index contributed by atoms with van der Waals surface area (Å²) in [6.45, 7) is 3.63. The molecule has 4 aromatic rings. The van der Waals surface area contributed by atoms with Crippen molar-refractivity contribution in [3.63, 3.8) is 0 Å². The second-order valence-corrected chi connectivity index (χ2v) is 9.76. The van der Waals surface area contributed by atoms with Crippen molar-refractivity contribution in [2.75, 3.05) is 13.7 Å². The molecule has 0 bridgehead atoms. The monoisotopic (exact) mass is 557 g/mol. The summed E-state index contributed by atoms with van der Waals surface area (Å²) < 4.78 is 18.4. The highest BCUT2D eigenvalue weighted by Crippen LogP contribution is 2.31. The Morgan fingerprint density at radius 3 is 2.48 bits per heavy atom. The van der Waals surface area contributed by atoms with Gasteiger partial charge in [0.15, 0.2) is 4.80 Å². The highest BCUT2D eigenvalue weighted by Gasteiger charge is 2.33. The standard InChI is InChI=1S/C29H23N3O7S/c1-4-38-28(35)24-16(2)30-29-32(25(24)18-9-11-20(37-3)12-10-18)27(34)23(40-29)15-21-13-14-22(39-21)17-5-7-19(8-6-17)26(33)31-36/h5-15,25H,4H2,1-3H3/b23-15-. The average Bonchev–Trinajstić information content (AvgIpc) is 3.56. The molecule has 0 N–H and O–H groups in total. The van der Waals surface area contributed by atoms with Crippen LogP contribution >= 0.6 is 11.3 Å². The molecule has 2 aromatic heterocycles. The molecule has 0 saturated heterocycles. The number of rotatable bonds is 7. The summed E-state index contributed by atoms with van der Waals surface area (Å²) in [5.74, 6) is 0.193. The van der Waals surface area contributed by atoms with Gasteiger partial charge in [0, 0.05) is 22.4 Å². The number of nitroso groups, excluding NO2 is 1. The maximum Gasteiger partial charge on any atom is 0.338 e. The third-order valence-electron chi connectivity index (χ3n) is 6.35. The van der Waals surface area contributed by atoms with Crippen molar-refractivity contribution in [3.05, 3.63) is 113 Å². The van der Waals surface area contributed by atoms with Crippen molar-refractivity contribution in [1.82, 2.24) is 4.57 Å². The van der Waals surface area contributed by atoms with Crippen LogP contribution in [0, 0.1) is 4.91 Å². The maximum absolute atomic E-state index is 13.7. The van der Waals surface area contributed by atoms with E-state index in [1.165, 1.54) is 28.0 Å². The number of allylic oxidation sites excluding steroid dienone is 1. The molecule has 40 heavy (non-hydrogen) atoms. The molecule has 1 aliphatic heterocycles. The number of ether oxygens (including phenoxy) is 2. The van der Waals surface area contributed by atoms with Crippen LogP contribution in [0.3, 0.4) is 0 Å². The van der Waals surface area contributed by atoms with Gasteiger partial charge < -0.3 is 13.9 Å². The Balaban J connectivity index is 1.57. The molecule has 0 radical (unpaired) electrons. The minimum Gasteiger partial charge on any atom is -0.497 e. The van der Waals surface area contributed by atoms with E-state index in [2.05, 4.69) is 10.2 Å². The van der Waals surface area contributed by atoms with E-state index in [1.807, 2.05) is 0 Å². The van der Waals surface area contributed by atoms with Gasteiger partial charge in [-0.2, -0.15) is 0 Å². The Morgan fingerprint density at radius 2 is 1.82 bits per heavy atom. The second-order valence-electron chi connectivity index (χ2n) is 8.75. The highest BCUT2D eigenvalue weighted by atomic mass is 32.1. The van der Waals surface area contributed by atoms with E-state index in [0.29, 0.717) is 43.4 Å². The number of furan rings is 1. The lowest BCUT2D eigenvalue weighted by molar-refractivity contribution is -0.139. The van der Waals surface area contributed by atoms with Gasteiger partial charge in [-0.1, -0.05) is 35.6 Å². The van der Waals surface area contributed by atoms with E-state index in [-0.39, 0.29) is 23.3 Å². The van der Waals surface area contributed by atoms with Crippen LogP contribution in [0.5, 0.6) is 5.75 Å². The average molecular weight is 558 g/mol. The molecule has 5 rings (SSSR count). The van der Waals surface area contributed by atoms with Crippen molar-refractivity contribution in [3.8, 4) is 17.1 Å². The van der Waals surface area contributed by atoms with Gasteiger partial charge in [0.05, 0.1) is 35.6 Å². The number of benzene rings is 2. The fourth-order valence-corrected chi connectivity index (χ4v) is 5.46. The zero-order valence-electron chi connectivity index (χ0n) is 21.7. The summed E-state index contributed by atoms with van der Waals surface area (Å²) >= 11 is 1.19. The molecule has 11 heteroatoms. The first-order valence-electron chi connectivity index (χ1n) is 12.3. The van der Waals surface area contributed by atoms with Crippen LogP contribution in [-0.2, 0) is 9.53 Å². The normalized spacial score (nSPS) is 14.9. The number of hydrogen-bond donors (Lipinski definition) is 0. The zero-order valence-corrected chi connectivity index (χ0v) is 22.6. The number of carbonyl (C=O) groups excluding carboxylic acids is 2. The molecule has 2 aromatic carbocycles. The van der Waals surface area contributed by atoms with Gasteiger partial charge >= 0.3 is 11.9 Å². The number of carbonyl (C=O) groups is 2. The minimum atomic E-state index is -0.851. The van der Waals surface area contributed by atoms with Crippen molar-refractivity contribution >= 4 is 29.3 Å². The smallest absolute Gasteiger partial charge is 0.338 e. The molecule has 3 heterocycles. The second kappa shape index (κ2) is 11.1. The lowest BCUT2D eigenvalue weighted by atomic mass is 9.96. The number of thiazole rings is 1. The van der Waals surface area contributed by atoms with E-state index in [1.54, 1.807) is 75.6 Å². The predicted octanol–water partition coefficient (Wildman–Crippen LogP) is 3.97. The van der Waals surface area contributed by atoms with Crippen LogP contribution in [0.25, 0.3) is 17.4 Å². The highest BCUT2D eigenvalue weighted by molar-refractivity contribution is 7.07. The number of hydrogen-bond acceptors (Lipinski definition) is 9. The van der Waals surface area contributed by atoms with Gasteiger partial charge in [-0.15, -0.1) is 4.91 Å². The molecule has 0 spiro atoms. The van der Waals surface area contributed by atoms with Crippen LogP contribution in [0.2, 0.25) is 0 Å². The van der Waals surface area contributed by atoms with Crippen molar-refractivity contribution in [1.29, 1.82) is 0 Å². The number of methoxy groups -OCH3 is 1. The van der Waals surface area contributed by atoms with Crippen molar-refractivity contribution in [2.45, 2.75) is 19.9 Å². The van der Waals surface area contributed by atoms with E-state index >= 15 is 0 Å². The summed E-state index contributed by atoms with van der Waals surface area (Å²) in [5, 5.41) is 2.42. The number of esters is 1. The Bertz CT molecular complexity index is 1830. The van der Waals surface area contributed by atoms with E-state index in [0.717, 1.165) is 0 Å². The Labute approximate surface area is 231 Å². The van der Waals surface area contributed by atoms with Crippen molar-refractivity contribution < 1.29 is 23.5 Å². The molecule has 0 saturated carbocycles. The van der Waals surface area contributed by atoms with Crippen LogP contribution in [0.1, 0.15) is 41.6 Å². The van der Waals surface area contributed by atoms with Gasteiger partial charge in [-0.25, -0.2) is 9.79 Å². The van der Waals surface area contributed by atoms with Gasteiger partial charge in [-0.3, -0.25) is 14.2 Å². The quantitative estimate of drug-likeness (QED) is 0.248. The van der Waals surface area contributed by atoms with Crippen LogP contribution in [0.4, 0.5) is 0 Å². The van der Waals surface area contributed by atoms with E-state index in [4.69, 9.17) is 13.9 Å². The van der Waals surface area contributed by atoms with Gasteiger partial charge in [0.2, 0.25) is 0 Å². The summed E-state index contributed by atoms with van der Waals surface area (Å²) in [7, 11) is 1.56. The van der Waals surface area contributed by atoms with Crippen molar-refractivity contribution in [2.24, 2.45) is 10.2 Å². The molecule has 0 aliphatic carbocycles. The third-order valence-corrected chi connectivity index (χ3v) is 7.33. The maximum atomic E-state index is 13.7. The minimum absolute atomic E-state index is 0.176. The Morgan fingerprint density at radius 1 is 1.10 bits per heavy atom. The fourth-order valence-electron chi connectivity index (χ4n) is 4.44. The van der Waals surface area contributed by atoms with E-state index in [9.17, 15) is 19.3 Å². The van der Waals surface area contributed by atoms with Gasteiger partial charge in [-0.05, 0) is 55.8 Å². The predicted molar refractivity (Wildman–Crippen MR) is 148 cm³/mol. The lowest BCUT2D eigenvalue weighted by Crippen LogP contribution is -2.39. The first-order chi connectivity index (χ1) is 19.3. The summed E-state index contributed by atoms with van der Waals surface area (Å²) in [6.07, 6.45) is 1.62. The molecular formula is C29H23N3O7S. The lowest BCUT2D eigenvalue weighted by Gasteiger charge is -2.24. The molecule has 1 amide bonds. The first-order valence-corrected chi connectivity index (χ1v) is 13.1. The molecule has 0 fully saturated rings. The molecule has 1 atom stereocenters. The number of aromatic nitrogens is 1. The first kappa shape index (κ1) is 26.7.